The van der Waals surface area contributed by atoms with E-state index < -0.39 is 0 Å². The third kappa shape index (κ3) is 3.72. The molecule has 0 aliphatic carbocycles. The van der Waals surface area contributed by atoms with Gasteiger partial charge in [-0.05, 0) is 37.4 Å². The first-order chi connectivity index (χ1) is 13.5. The van der Waals surface area contributed by atoms with Gasteiger partial charge in [-0.3, -0.25) is 4.79 Å². The molecular formula is C20H18ClN3O3S. The van der Waals surface area contributed by atoms with Crippen molar-refractivity contribution in [2.45, 2.75) is 24.6 Å². The number of ether oxygens (including phenoxy) is 1. The highest BCUT2D eigenvalue weighted by atomic mass is 35.5. The van der Waals surface area contributed by atoms with Crippen molar-refractivity contribution < 1.29 is 13.9 Å². The molecule has 3 heterocycles. The van der Waals surface area contributed by atoms with E-state index in [4.69, 9.17) is 20.8 Å². The lowest BCUT2D eigenvalue weighted by Crippen LogP contribution is -2.34. The van der Waals surface area contributed by atoms with Crippen LogP contribution in [0.3, 0.4) is 0 Å². The smallest absolute Gasteiger partial charge is 0.254 e. The number of rotatable bonds is 5. The summed E-state index contributed by atoms with van der Waals surface area (Å²) < 4.78 is 11.1. The minimum atomic E-state index is -0.178. The molecular weight excluding hydrogens is 398 g/mol. The third-order valence-corrected chi connectivity index (χ3v) is 5.40. The SMILES string of the molecule is CSc1nccc(-c2cc(Cl)c3c(c2)CC(CNC(=O)c2ccoc2C)O3)n1. The number of amides is 1. The van der Waals surface area contributed by atoms with Gasteiger partial charge in [-0.15, -0.1) is 0 Å². The molecule has 1 aromatic carbocycles. The van der Waals surface area contributed by atoms with E-state index in [1.54, 1.807) is 19.2 Å². The largest absolute Gasteiger partial charge is 0.486 e. The molecule has 1 aliphatic rings. The number of thioether (sulfide) groups is 1. The Morgan fingerprint density at radius 3 is 3.00 bits per heavy atom. The molecule has 1 atom stereocenters. The van der Waals surface area contributed by atoms with Crippen molar-refractivity contribution in [2.24, 2.45) is 0 Å². The summed E-state index contributed by atoms with van der Waals surface area (Å²) in [5, 5.41) is 4.14. The average molecular weight is 416 g/mol. The van der Waals surface area contributed by atoms with Gasteiger partial charge in [0.25, 0.3) is 5.91 Å². The number of carbonyl (C=O) groups excluding carboxylic acids is 1. The molecule has 2 aromatic heterocycles. The monoisotopic (exact) mass is 415 g/mol. The van der Waals surface area contributed by atoms with Crippen LogP contribution in [-0.2, 0) is 6.42 Å². The molecule has 4 rings (SSSR count). The maximum absolute atomic E-state index is 12.3. The fraction of sp³-hybridized carbons (Fsp3) is 0.250. The standard InChI is InChI=1S/C20H18ClN3O3S/c1-11-15(4-6-26-11)19(25)23-10-14-8-13-7-12(9-16(21)18(13)27-14)17-3-5-22-20(24-17)28-2/h3-7,9,14H,8,10H2,1-2H3,(H,23,25). The lowest BCUT2D eigenvalue weighted by molar-refractivity contribution is 0.0932. The molecule has 0 radical (unpaired) electrons. The number of nitrogens with one attached hydrogen (secondary N) is 1. The van der Waals surface area contributed by atoms with Crippen LogP contribution in [-0.4, -0.2) is 34.8 Å². The fourth-order valence-corrected chi connectivity index (χ4v) is 3.81. The predicted molar refractivity (Wildman–Crippen MR) is 108 cm³/mol. The number of fused-ring (bicyclic) bond motifs is 1. The summed E-state index contributed by atoms with van der Waals surface area (Å²) in [5.74, 6) is 1.08. The zero-order valence-electron chi connectivity index (χ0n) is 15.4. The molecule has 0 saturated carbocycles. The zero-order chi connectivity index (χ0) is 19.7. The molecule has 0 fully saturated rings. The van der Waals surface area contributed by atoms with Gasteiger partial charge >= 0.3 is 0 Å². The lowest BCUT2D eigenvalue weighted by Gasteiger charge is -2.12. The molecule has 28 heavy (non-hydrogen) atoms. The first-order valence-corrected chi connectivity index (χ1v) is 10.3. The van der Waals surface area contributed by atoms with Crippen molar-refractivity contribution in [2.75, 3.05) is 12.8 Å². The maximum atomic E-state index is 12.3. The second-order valence-electron chi connectivity index (χ2n) is 6.42. The van der Waals surface area contributed by atoms with Crippen molar-refractivity contribution in [3.05, 3.63) is 58.6 Å². The van der Waals surface area contributed by atoms with Gasteiger partial charge in [0.15, 0.2) is 5.16 Å². The van der Waals surface area contributed by atoms with Crippen LogP contribution >= 0.6 is 23.4 Å². The van der Waals surface area contributed by atoms with E-state index in [1.165, 1.54) is 18.0 Å². The van der Waals surface area contributed by atoms with Gasteiger partial charge in [0.2, 0.25) is 0 Å². The summed E-state index contributed by atoms with van der Waals surface area (Å²) in [4.78, 5) is 21.0. The van der Waals surface area contributed by atoms with E-state index in [0.29, 0.717) is 40.2 Å². The van der Waals surface area contributed by atoms with Crippen LogP contribution in [0.5, 0.6) is 5.75 Å². The Balaban J connectivity index is 1.48. The molecule has 0 bridgehead atoms. The molecule has 1 unspecified atom stereocenters. The number of halogens is 1. The molecule has 1 amide bonds. The van der Waals surface area contributed by atoms with Crippen molar-refractivity contribution in [3.8, 4) is 17.0 Å². The molecule has 144 valence electrons. The second kappa shape index (κ2) is 7.85. The Labute approximate surface area is 171 Å². The zero-order valence-corrected chi connectivity index (χ0v) is 16.9. The molecule has 8 heteroatoms. The summed E-state index contributed by atoms with van der Waals surface area (Å²) in [6.07, 6.45) is 5.66. The highest BCUT2D eigenvalue weighted by molar-refractivity contribution is 7.98. The van der Waals surface area contributed by atoms with Gasteiger partial charge < -0.3 is 14.5 Å². The summed E-state index contributed by atoms with van der Waals surface area (Å²) >= 11 is 7.94. The van der Waals surface area contributed by atoms with Crippen molar-refractivity contribution >= 4 is 29.3 Å². The van der Waals surface area contributed by atoms with Gasteiger partial charge in [-0.2, -0.15) is 0 Å². The number of hydrogen-bond donors (Lipinski definition) is 1. The summed E-state index contributed by atoms with van der Waals surface area (Å²) in [5.41, 5.74) is 3.27. The Hall–Kier alpha value is -2.51. The molecule has 1 aliphatic heterocycles. The molecule has 1 N–H and O–H groups in total. The minimum Gasteiger partial charge on any atom is -0.486 e. The van der Waals surface area contributed by atoms with Crippen LogP contribution in [0.4, 0.5) is 0 Å². The number of nitrogens with zero attached hydrogens (tertiary/aromatic N) is 2. The van der Waals surface area contributed by atoms with Gasteiger partial charge in [0.05, 0.1) is 29.1 Å². The van der Waals surface area contributed by atoms with Crippen molar-refractivity contribution in [1.82, 2.24) is 15.3 Å². The highest BCUT2D eigenvalue weighted by Crippen LogP contribution is 2.39. The molecule has 0 spiro atoms. The van der Waals surface area contributed by atoms with E-state index in [-0.39, 0.29) is 12.0 Å². The molecule has 3 aromatic rings. The number of aryl methyl sites for hydroxylation is 1. The number of furan rings is 1. The summed E-state index contributed by atoms with van der Waals surface area (Å²) in [6, 6.07) is 7.40. The Morgan fingerprint density at radius 2 is 2.25 bits per heavy atom. The number of benzene rings is 1. The Kier molecular flexibility index (Phi) is 5.28. The van der Waals surface area contributed by atoms with Crippen molar-refractivity contribution in [3.63, 3.8) is 0 Å². The normalized spacial score (nSPS) is 15.2. The van der Waals surface area contributed by atoms with Gasteiger partial charge in [0, 0.05) is 23.7 Å². The average Bonchev–Trinajstić information content (AvgIpc) is 3.32. The quantitative estimate of drug-likeness (QED) is 0.498. The number of aromatic nitrogens is 2. The van der Waals surface area contributed by atoms with E-state index in [2.05, 4.69) is 15.3 Å². The van der Waals surface area contributed by atoms with Crippen LogP contribution in [0.15, 0.2) is 46.3 Å². The van der Waals surface area contributed by atoms with Crippen molar-refractivity contribution in [1.29, 1.82) is 0 Å². The molecule has 0 saturated heterocycles. The summed E-state index contributed by atoms with van der Waals surface area (Å²) in [7, 11) is 0. The Bertz CT molecular complexity index is 1040. The van der Waals surface area contributed by atoms with Gasteiger partial charge in [0.1, 0.15) is 17.6 Å². The van der Waals surface area contributed by atoms with Crippen LogP contribution in [0.1, 0.15) is 21.7 Å². The van der Waals surface area contributed by atoms with Gasteiger partial charge in [-0.1, -0.05) is 23.4 Å². The topological polar surface area (TPSA) is 77.2 Å². The van der Waals surface area contributed by atoms with E-state index in [9.17, 15) is 4.79 Å². The van der Waals surface area contributed by atoms with Crippen LogP contribution in [0.2, 0.25) is 5.02 Å². The van der Waals surface area contributed by atoms with Gasteiger partial charge in [-0.25, -0.2) is 9.97 Å². The Morgan fingerprint density at radius 1 is 1.39 bits per heavy atom. The molecule has 6 nitrogen and oxygen atoms in total. The van der Waals surface area contributed by atoms with E-state index in [1.807, 2.05) is 24.5 Å². The van der Waals surface area contributed by atoms with E-state index in [0.717, 1.165) is 16.8 Å². The lowest BCUT2D eigenvalue weighted by atomic mass is 10.0. The first kappa shape index (κ1) is 18.8. The van der Waals surface area contributed by atoms with Crippen LogP contribution < -0.4 is 10.1 Å². The second-order valence-corrected chi connectivity index (χ2v) is 7.60. The minimum absolute atomic E-state index is 0.175. The third-order valence-electron chi connectivity index (χ3n) is 4.56. The van der Waals surface area contributed by atoms with Crippen LogP contribution in [0.25, 0.3) is 11.3 Å². The van der Waals surface area contributed by atoms with E-state index >= 15 is 0 Å². The first-order valence-electron chi connectivity index (χ1n) is 8.74. The number of hydrogen-bond acceptors (Lipinski definition) is 6. The maximum Gasteiger partial charge on any atom is 0.254 e. The summed E-state index contributed by atoms with van der Waals surface area (Å²) in [6.45, 7) is 2.14. The number of carbonyl (C=O) groups is 1. The van der Waals surface area contributed by atoms with Crippen LogP contribution in [0, 0.1) is 6.92 Å². The fourth-order valence-electron chi connectivity index (χ4n) is 3.17. The predicted octanol–water partition coefficient (Wildman–Crippen LogP) is 4.15. The highest BCUT2D eigenvalue weighted by Gasteiger charge is 2.27.